The van der Waals surface area contributed by atoms with Crippen molar-refractivity contribution in [1.82, 2.24) is 25.4 Å². The Balaban J connectivity index is 1.73. The molecule has 0 radical (unpaired) electrons. The Bertz CT molecular complexity index is 1160. The molecule has 9 nitrogen and oxygen atoms in total. The number of H-pyrrole nitrogens is 1. The molecule has 2 aliphatic heterocycles. The normalized spacial score (nSPS) is 19.5. The molecule has 0 aliphatic carbocycles. The van der Waals surface area contributed by atoms with Crippen LogP contribution >= 0.6 is 0 Å². The lowest BCUT2D eigenvalue weighted by molar-refractivity contribution is -0.136. The fourth-order valence-corrected chi connectivity index (χ4v) is 4.81. The molecule has 4 rings (SSSR count). The van der Waals surface area contributed by atoms with Crippen molar-refractivity contribution in [1.29, 1.82) is 0 Å². The average Bonchev–Trinajstić information content (AvgIpc) is 3.51. The van der Waals surface area contributed by atoms with Crippen LogP contribution in [0.3, 0.4) is 0 Å². The van der Waals surface area contributed by atoms with Crippen molar-refractivity contribution in [2.75, 3.05) is 33.9 Å². The number of hydrogen-bond donors (Lipinski definition) is 3. The van der Waals surface area contributed by atoms with E-state index in [2.05, 4.69) is 15.6 Å². The van der Waals surface area contributed by atoms with E-state index in [-0.39, 0.29) is 36.2 Å². The minimum Gasteiger partial charge on any atom is -0.382 e. The SMILES string of the molecule is CNC(C)C(=O)NC(COC)C(=O)N1CCC2C1=C(c1c[nH]c3cc(F)ccc13)CN2C(C)=O. The molecular formula is C24H30FN5O4. The van der Waals surface area contributed by atoms with Gasteiger partial charge in [0.15, 0.2) is 0 Å². The van der Waals surface area contributed by atoms with Crippen LogP contribution in [-0.4, -0.2) is 84.5 Å². The number of carbonyl (C=O) groups is 3. The topological polar surface area (TPSA) is 107 Å². The highest BCUT2D eigenvalue weighted by molar-refractivity contribution is 5.98. The van der Waals surface area contributed by atoms with E-state index in [1.54, 1.807) is 36.0 Å². The number of aromatic nitrogens is 1. The number of likely N-dealkylation sites (tertiary alicyclic amines) is 1. The second-order valence-electron chi connectivity index (χ2n) is 8.72. The van der Waals surface area contributed by atoms with Crippen molar-refractivity contribution in [3.63, 3.8) is 0 Å². The number of rotatable bonds is 7. The van der Waals surface area contributed by atoms with Gasteiger partial charge in [-0.05, 0) is 38.6 Å². The van der Waals surface area contributed by atoms with E-state index in [9.17, 15) is 18.8 Å². The number of nitrogens with one attached hydrogen (secondary N) is 3. The number of methoxy groups -OCH3 is 1. The number of fused-ring (bicyclic) bond motifs is 2. The van der Waals surface area contributed by atoms with Crippen molar-refractivity contribution >= 4 is 34.2 Å². The molecule has 3 amide bonds. The fraction of sp³-hybridized carbons (Fsp3) is 0.458. The number of likely N-dealkylation sites (N-methyl/N-ethyl adjacent to an activating group) is 1. The van der Waals surface area contributed by atoms with Crippen LogP contribution in [0.5, 0.6) is 0 Å². The zero-order valence-corrected chi connectivity index (χ0v) is 19.8. The number of halogens is 1. The first kappa shape index (κ1) is 23.9. The molecule has 3 unspecified atom stereocenters. The number of aromatic amines is 1. The van der Waals surface area contributed by atoms with Crippen LogP contribution in [0.15, 0.2) is 30.1 Å². The highest BCUT2D eigenvalue weighted by Crippen LogP contribution is 2.42. The molecule has 3 N–H and O–H groups in total. The highest BCUT2D eigenvalue weighted by Gasteiger charge is 2.45. The third-order valence-corrected chi connectivity index (χ3v) is 6.66. The van der Waals surface area contributed by atoms with E-state index in [1.165, 1.54) is 26.2 Å². The fourth-order valence-electron chi connectivity index (χ4n) is 4.81. The molecule has 1 fully saturated rings. The zero-order valence-electron chi connectivity index (χ0n) is 19.8. The van der Waals surface area contributed by atoms with Crippen LogP contribution in [-0.2, 0) is 19.1 Å². The molecule has 3 atom stereocenters. The molecule has 0 spiro atoms. The second kappa shape index (κ2) is 9.55. The van der Waals surface area contributed by atoms with Gasteiger partial charge < -0.3 is 30.2 Å². The molecule has 0 bridgehead atoms. The molecule has 182 valence electrons. The Morgan fingerprint density at radius 1 is 1.32 bits per heavy atom. The maximum absolute atomic E-state index is 13.7. The molecule has 34 heavy (non-hydrogen) atoms. The van der Waals surface area contributed by atoms with Gasteiger partial charge in [0, 0.05) is 61.1 Å². The Labute approximate surface area is 197 Å². The highest BCUT2D eigenvalue weighted by atomic mass is 19.1. The van der Waals surface area contributed by atoms with Crippen molar-refractivity contribution in [3.05, 3.63) is 41.5 Å². The molecule has 1 saturated heterocycles. The number of amides is 3. The number of benzene rings is 1. The Morgan fingerprint density at radius 3 is 2.76 bits per heavy atom. The smallest absolute Gasteiger partial charge is 0.251 e. The lowest BCUT2D eigenvalue weighted by atomic mass is 10.0. The van der Waals surface area contributed by atoms with E-state index < -0.39 is 12.1 Å². The van der Waals surface area contributed by atoms with Gasteiger partial charge in [0.1, 0.15) is 11.9 Å². The Hall–Kier alpha value is -3.24. The summed E-state index contributed by atoms with van der Waals surface area (Å²) in [5.41, 5.74) is 3.06. The number of ether oxygens (including phenoxy) is 1. The third kappa shape index (κ3) is 4.19. The Morgan fingerprint density at radius 2 is 2.09 bits per heavy atom. The van der Waals surface area contributed by atoms with Crippen LogP contribution in [0.4, 0.5) is 4.39 Å². The van der Waals surface area contributed by atoms with Gasteiger partial charge >= 0.3 is 0 Å². The van der Waals surface area contributed by atoms with Gasteiger partial charge in [-0.2, -0.15) is 0 Å². The largest absolute Gasteiger partial charge is 0.382 e. The van der Waals surface area contributed by atoms with Gasteiger partial charge in [-0.1, -0.05) is 0 Å². The van der Waals surface area contributed by atoms with Crippen LogP contribution < -0.4 is 10.6 Å². The first-order valence-corrected chi connectivity index (χ1v) is 11.3. The van der Waals surface area contributed by atoms with Crippen LogP contribution in [0.1, 0.15) is 25.8 Å². The third-order valence-electron chi connectivity index (χ3n) is 6.66. The van der Waals surface area contributed by atoms with Gasteiger partial charge in [-0.3, -0.25) is 14.4 Å². The Kier molecular flexibility index (Phi) is 6.72. The summed E-state index contributed by atoms with van der Waals surface area (Å²) >= 11 is 0. The number of nitrogens with zero attached hydrogens (tertiary/aromatic N) is 2. The minimum absolute atomic E-state index is 0.0214. The molecule has 3 heterocycles. The summed E-state index contributed by atoms with van der Waals surface area (Å²) in [6.45, 7) is 4.01. The molecule has 1 aromatic heterocycles. The van der Waals surface area contributed by atoms with Gasteiger partial charge in [-0.25, -0.2) is 4.39 Å². The van der Waals surface area contributed by atoms with E-state index >= 15 is 0 Å². The van der Waals surface area contributed by atoms with Crippen LogP contribution in [0, 0.1) is 5.82 Å². The van der Waals surface area contributed by atoms with E-state index in [4.69, 9.17) is 4.74 Å². The molecule has 2 aliphatic rings. The lowest BCUT2D eigenvalue weighted by Gasteiger charge is -2.27. The number of carbonyl (C=O) groups excluding carboxylic acids is 3. The lowest BCUT2D eigenvalue weighted by Crippen LogP contribution is -2.53. The molecular weight excluding hydrogens is 441 g/mol. The minimum atomic E-state index is -0.871. The summed E-state index contributed by atoms with van der Waals surface area (Å²) in [6.07, 6.45) is 2.39. The van der Waals surface area contributed by atoms with Gasteiger partial charge in [0.05, 0.1) is 18.7 Å². The van der Waals surface area contributed by atoms with Gasteiger partial charge in [-0.15, -0.1) is 0 Å². The van der Waals surface area contributed by atoms with Crippen molar-refractivity contribution in [2.24, 2.45) is 0 Å². The summed E-state index contributed by atoms with van der Waals surface area (Å²) in [5.74, 6) is -1.02. The van der Waals surface area contributed by atoms with Crippen molar-refractivity contribution in [2.45, 2.75) is 38.4 Å². The molecule has 1 aromatic carbocycles. The molecule has 10 heteroatoms. The van der Waals surface area contributed by atoms with Crippen molar-refractivity contribution in [3.8, 4) is 0 Å². The first-order chi connectivity index (χ1) is 16.3. The average molecular weight is 472 g/mol. The summed E-state index contributed by atoms with van der Waals surface area (Å²) in [5, 5.41) is 6.45. The maximum Gasteiger partial charge on any atom is 0.251 e. The van der Waals surface area contributed by atoms with E-state index in [0.29, 0.717) is 25.0 Å². The summed E-state index contributed by atoms with van der Waals surface area (Å²) in [7, 11) is 3.14. The summed E-state index contributed by atoms with van der Waals surface area (Å²) < 4.78 is 19.0. The zero-order chi connectivity index (χ0) is 24.6. The quantitative estimate of drug-likeness (QED) is 0.563. The van der Waals surface area contributed by atoms with Crippen molar-refractivity contribution < 1.29 is 23.5 Å². The predicted molar refractivity (Wildman–Crippen MR) is 125 cm³/mol. The van der Waals surface area contributed by atoms with Crippen LogP contribution in [0.25, 0.3) is 16.5 Å². The van der Waals surface area contributed by atoms with E-state index in [0.717, 1.165) is 22.2 Å². The number of hydrogen-bond acceptors (Lipinski definition) is 5. The standard InChI is InChI=1S/C24H30FN5O4/c1-13(26-3)23(32)28-20(12-34-4)24(33)29-8-7-21-22(29)18(11-30(21)14(2)31)17-10-27-19-9-15(25)5-6-16(17)19/h5-6,9-10,13,20-21,26-27H,7-8,11-12H2,1-4H3,(H,28,32). The molecule has 0 saturated carbocycles. The first-order valence-electron chi connectivity index (χ1n) is 11.3. The monoisotopic (exact) mass is 471 g/mol. The summed E-state index contributed by atoms with van der Waals surface area (Å²) in [4.78, 5) is 45.1. The van der Waals surface area contributed by atoms with E-state index in [1.807, 2.05) is 0 Å². The molecule has 2 aromatic rings. The summed E-state index contributed by atoms with van der Waals surface area (Å²) in [6, 6.07) is 2.93. The van der Waals surface area contributed by atoms with Crippen LogP contribution in [0.2, 0.25) is 0 Å². The predicted octanol–water partition coefficient (Wildman–Crippen LogP) is 1.22. The van der Waals surface area contributed by atoms with Gasteiger partial charge in [0.2, 0.25) is 11.8 Å². The second-order valence-corrected chi connectivity index (χ2v) is 8.72. The maximum atomic E-state index is 13.7. The van der Waals surface area contributed by atoms with Gasteiger partial charge in [0.25, 0.3) is 5.91 Å².